The van der Waals surface area contributed by atoms with Crippen LogP contribution in [0.2, 0.25) is 5.02 Å². The molecule has 1 aromatic heterocycles. The zero-order valence-corrected chi connectivity index (χ0v) is 13.0. The lowest BCUT2D eigenvalue weighted by Crippen LogP contribution is -2.35. The van der Waals surface area contributed by atoms with Crippen LogP contribution >= 0.6 is 11.6 Å². The summed E-state index contributed by atoms with van der Waals surface area (Å²) in [5.74, 6) is 1.91. The molecule has 0 spiro atoms. The predicted molar refractivity (Wildman–Crippen MR) is 84.3 cm³/mol. The molecule has 2 aliphatic rings. The Balaban J connectivity index is 1.70. The van der Waals surface area contributed by atoms with Crippen LogP contribution in [0.15, 0.2) is 12.3 Å². The molecule has 1 N–H and O–H groups in total. The Morgan fingerprint density at radius 2 is 2.25 bits per heavy atom. The summed E-state index contributed by atoms with van der Waals surface area (Å²) in [6, 6.07) is 2.89. The van der Waals surface area contributed by atoms with E-state index in [1.165, 1.54) is 37.7 Å². The molecule has 1 unspecified atom stereocenters. The molecule has 20 heavy (non-hydrogen) atoms. The minimum Gasteiger partial charge on any atom is -0.356 e. The molecular formula is C16H24ClN3. The minimum atomic E-state index is 0.710. The van der Waals surface area contributed by atoms with Gasteiger partial charge in [0.1, 0.15) is 5.82 Å². The summed E-state index contributed by atoms with van der Waals surface area (Å²) in [6.45, 7) is 5.42. The molecular weight excluding hydrogens is 270 g/mol. The number of halogens is 1. The number of hydrogen-bond acceptors (Lipinski definition) is 3. The van der Waals surface area contributed by atoms with Crippen LogP contribution in [0.5, 0.6) is 0 Å². The average Bonchev–Trinajstić information content (AvgIpc) is 3.31. The summed E-state index contributed by atoms with van der Waals surface area (Å²) in [5.41, 5.74) is 1.18. The lowest BCUT2D eigenvalue weighted by molar-refractivity contribution is 0.403. The third-order valence-corrected chi connectivity index (χ3v) is 4.84. The van der Waals surface area contributed by atoms with Crippen LogP contribution in [0.3, 0.4) is 0 Å². The molecule has 110 valence electrons. The van der Waals surface area contributed by atoms with E-state index in [9.17, 15) is 0 Å². The second kappa shape index (κ2) is 6.31. The Labute approximate surface area is 126 Å². The first-order valence-corrected chi connectivity index (χ1v) is 8.26. The van der Waals surface area contributed by atoms with E-state index in [0.29, 0.717) is 6.04 Å². The van der Waals surface area contributed by atoms with Gasteiger partial charge in [-0.05, 0) is 43.2 Å². The van der Waals surface area contributed by atoms with Crippen molar-refractivity contribution in [3.8, 4) is 0 Å². The highest BCUT2D eigenvalue weighted by Gasteiger charge is 2.22. The van der Waals surface area contributed by atoms with Crippen molar-refractivity contribution in [2.45, 2.75) is 51.6 Å². The third kappa shape index (κ3) is 3.44. The van der Waals surface area contributed by atoms with Crippen molar-refractivity contribution in [1.29, 1.82) is 0 Å². The fourth-order valence-electron chi connectivity index (χ4n) is 2.92. The van der Waals surface area contributed by atoms with Gasteiger partial charge in [0.05, 0.1) is 5.02 Å². The van der Waals surface area contributed by atoms with Crippen LogP contribution in [0.4, 0.5) is 5.82 Å². The van der Waals surface area contributed by atoms with Crippen LogP contribution < -0.4 is 10.2 Å². The maximum Gasteiger partial charge on any atom is 0.128 e. The van der Waals surface area contributed by atoms with Gasteiger partial charge in [-0.2, -0.15) is 0 Å². The van der Waals surface area contributed by atoms with Crippen molar-refractivity contribution < 1.29 is 0 Å². The molecule has 1 atom stereocenters. The summed E-state index contributed by atoms with van der Waals surface area (Å²) < 4.78 is 0. The Morgan fingerprint density at radius 1 is 1.40 bits per heavy atom. The number of anilines is 1. The number of piperidine rings is 1. The molecule has 3 rings (SSSR count). The van der Waals surface area contributed by atoms with Gasteiger partial charge in [0.15, 0.2) is 0 Å². The second-order valence-corrected chi connectivity index (χ2v) is 6.56. The maximum absolute atomic E-state index is 6.27. The van der Waals surface area contributed by atoms with Crippen LogP contribution in [-0.2, 0) is 6.54 Å². The molecule has 2 fully saturated rings. The van der Waals surface area contributed by atoms with Gasteiger partial charge in [-0.3, -0.25) is 0 Å². The van der Waals surface area contributed by atoms with Crippen LogP contribution in [0.1, 0.15) is 44.6 Å². The van der Waals surface area contributed by atoms with E-state index in [2.05, 4.69) is 28.2 Å². The smallest absolute Gasteiger partial charge is 0.128 e. The molecule has 3 nitrogen and oxygen atoms in total. The molecule has 0 bridgehead atoms. The lowest BCUT2D eigenvalue weighted by atomic mass is 9.95. The molecule has 0 radical (unpaired) electrons. The second-order valence-electron chi connectivity index (χ2n) is 6.15. The Morgan fingerprint density at radius 3 is 3.00 bits per heavy atom. The van der Waals surface area contributed by atoms with E-state index in [1.54, 1.807) is 0 Å². The van der Waals surface area contributed by atoms with E-state index in [0.717, 1.165) is 36.4 Å². The highest BCUT2D eigenvalue weighted by atomic mass is 35.5. The first kappa shape index (κ1) is 14.2. The first-order valence-electron chi connectivity index (χ1n) is 7.89. The highest BCUT2D eigenvalue weighted by molar-refractivity contribution is 6.31. The molecule has 1 aromatic rings. The topological polar surface area (TPSA) is 28.2 Å². The SMILES string of the molecule is CCC1CCCN(c2cc(CNC3CC3)c(Cl)cn2)C1. The minimum absolute atomic E-state index is 0.710. The predicted octanol–water partition coefficient (Wildman–Crippen LogP) is 3.61. The van der Waals surface area contributed by atoms with Gasteiger partial charge in [0.2, 0.25) is 0 Å². The van der Waals surface area contributed by atoms with E-state index < -0.39 is 0 Å². The molecule has 1 saturated heterocycles. The maximum atomic E-state index is 6.27. The molecule has 4 heteroatoms. The summed E-state index contributed by atoms with van der Waals surface area (Å²) in [5, 5.41) is 4.32. The summed E-state index contributed by atoms with van der Waals surface area (Å²) in [6.07, 6.45) is 8.32. The number of nitrogens with one attached hydrogen (secondary N) is 1. The van der Waals surface area contributed by atoms with Gasteiger partial charge in [-0.25, -0.2) is 4.98 Å². The third-order valence-electron chi connectivity index (χ3n) is 4.50. The van der Waals surface area contributed by atoms with Gasteiger partial charge in [-0.15, -0.1) is 0 Å². The fraction of sp³-hybridized carbons (Fsp3) is 0.688. The van der Waals surface area contributed by atoms with Gasteiger partial charge >= 0.3 is 0 Å². The number of nitrogens with zero attached hydrogens (tertiary/aromatic N) is 2. The van der Waals surface area contributed by atoms with Crippen molar-refractivity contribution in [1.82, 2.24) is 10.3 Å². The number of hydrogen-bond donors (Lipinski definition) is 1. The summed E-state index contributed by atoms with van der Waals surface area (Å²) in [4.78, 5) is 6.97. The largest absolute Gasteiger partial charge is 0.356 e. The number of pyridine rings is 1. The first-order chi connectivity index (χ1) is 9.76. The molecule has 1 aliphatic heterocycles. The zero-order chi connectivity index (χ0) is 13.9. The number of rotatable bonds is 5. The summed E-state index contributed by atoms with van der Waals surface area (Å²) in [7, 11) is 0. The highest BCUT2D eigenvalue weighted by Crippen LogP contribution is 2.27. The zero-order valence-electron chi connectivity index (χ0n) is 12.2. The van der Waals surface area contributed by atoms with Crippen LogP contribution in [-0.4, -0.2) is 24.1 Å². The fourth-order valence-corrected chi connectivity index (χ4v) is 3.09. The normalized spacial score (nSPS) is 23.1. The average molecular weight is 294 g/mol. The molecule has 0 amide bonds. The van der Waals surface area contributed by atoms with Gasteiger partial charge in [0.25, 0.3) is 0 Å². The van der Waals surface area contributed by atoms with Gasteiger partial charge in [-0.1, -0.05) is 24.9 Å². The lowest BCUT2D eigenvalue weighted by Gasteiger charge is -2.33. The van der Waals surface area contributed by atoms with Crippen molar-refractivity contribution in [3.63, 3.8) is 0 Å². The van der Waals surface area contributed by atoms with Crippen molar-refractivity contribution >= 4 is 17.4 Å². The monoisotopic (exact) mass is 293 g/mol. The van der Waals surface area contributed by atoms with E-state index >= 15 is 0 Å². The standard InChI is InChI=1S/C16H24ClN3/c1-2-12-4-3-7-20(11-12)16-8-13(15(17)10-19-16)9-18-14-5-6-14/h8,10,12,14,18H,2-7,9,11H2,1H3. The molecule has 1 aliphatic carbocycles. The van der Waals surface area contributed by atoms with E-state index in [1.807, 2.05) is 6.20 Å². The van der Waals surface area contributed by atoms with Crippen molar-refractivity contribution in [3.05, 3.63) is 22.8 Å². The van der Waals surface area contributed by atoms with Gasteiger partial charge in [0, 0.05) is 31.9 Å². The van der Waals surface area contributed by atoms with Gasteiger partial charge < -0.3 is 10.2 Å². The quantitative estimate of drug-likeness (QED) is 0.899. The Hall–Kier alpha value is -0.800. The molecule has 0 aromatic carbocycles. The summed E-state index contributed by atoms with van der Waals surface area (Å²) >= 11 is 6.27. The van der Waals surface area contributed by atoms with E-state index in [-0.39, 0.29) is 0 Å². The van der Waals surface area contributed by atoms with Crippen LogP contribution in [0.25, 0.3) is 0 Å². The van der Waals surface area contributed by atoms with Crippen molar-refractivity contribution in [2.24, 2.45) is 5.92 Å². The molecule has 2 heterocycles. The van der Waals surface area contributed by atoms with Crippen molar-refractivity contribution in [2.75, 3.05) is 18.0 Å². The Kier molecular flexibility index (Phi) is 4.47. The van der Waals surface area contributed by atoms with Crippen LogP contribution in [0, 0.1) is 5.92 Å². The number of aromatic nitrogens is 1. The molecule has 1 saturated carbocycles. The van der Waals surface area contributed by atoms with E-state index in [4.69, 9.17) is 11.6 Å². The Bertz CT molecular complexity index is 459.